The fourth-order valence-electron chi connectivity index (χ4n) is 2.80. The Morgan fingerprint density at radius 3 is 2.64 bits per heavy atom. The van der Waals surface area contributed by atoms with Gasteiger partial charge in [-0.15, -0.1) is 0 Å². The van der Waals surface area contributed by atoms with Gasteiger partial charge in [0.1, 0.15) is 0 Å². The van der Waals surface area contributed by atoms with E-state index < -0.39 is 10.1 Å². The van der Waals surface area contributed by atoms with E-state index in [1.54, 1.807) is 0 Å². The molecule has 0 saturated carbocycles. The zero-order chi connectivity index (χ0) is 16.2. The van der Waals surface area contributed by atoms with Gasteiger partial charge in [0.2, 0.25) is 0 Å². The van der Waals surface area contributed by atoms with E-state index in [9.17, 15) is 8.42 Å². The van der Waals surface area contributed by atoms with Gasteiger partial charge in [0.25, 0.3) is 10.1 Å². The lowest BCUT2D eigenvalue weighted by molar-refractivity contribution is 0.224. The lowest BCUT2D eigenvalue weighted by atomic mass is 9.84. The molecule has 8 heteroatoms. The van der Waals surface area contributed by atoms with Crippen LogP contribution < -0.4 is 4.90 Å². The van der Waals surface area contributed by atoms with Crippen molar-refractivity contribution < 1.29 is 17.1 Å². The molecule has 126 valence electrons. The summed E-state index contributed by atoms with van der Waals surface area (Å²) in [5, 5.41) is 3.93. The summed E-state index contributed by atoms with van der Waals surface area (Å²) in [6.07, 6.45) is 4.72. The highest BCUT2D eigenvalue weighted by molar-refractivity contribution is 7.85. The third-order valence-corrected chi connectivity index (χ3v) is 4.85. The first-order valence-electron chi connectivity index (χ1n) is 7.81. The summed E-state index contributed by atoms with van der Waals surface area (Å²) < 4.78 is 32.0. The molecule has 0 aliphatic carbocycles. The van der Waals surface area contributed by atoms with Crippen molar-refractivity contribution in [3.05, 3.63) is 5.82 Å². The van der Waals surface area contributed by atoms with Crippen LogP contribution in [0.4, 0.5) is 6.01 Å². The van der Waals surface area contributed by atoms with E-state index >= 15 is 0 Å². The molecule has 2 rings (SSSR count). The maximum Gasteiger partial charge on any atom is 0.324 e. The second-order valence-electron chi connectivity index (χ2n) is 5.96. The minimum absolute atomic E-state index is 0.268. The summed E-state index contributed by atoms with van der Waals surface area (Å²) in [7, 11) is -3.33. The lowest BCUT2D eigenvalue weighted by Crippen LogP contribution is -2.36. The summed E-state index contributed by atoms with van der Waals surface area (Å²) in [6, 6.07) is 0.614. The summed E-state index contributed by atoms with van der Waals surface area (Å²) in [5.41, 5.74) is 0. The van der Waals surface area contributed by atoms with Gasteiger partial charge in [0.05, 0.1) is 12.9 Å². The van der Waals surface area contributed by atoms with Gasteiger partial charge < -0.3 is 9.42 Å². The minimum atomic E-state index is -3.33. The molecule has 0 N–H and O–H groups in total. The molecule has 0 aromatic carbocycles. The Labute approximate surface area is 132 Å². The van der Waals surface area contributed by atoms with Gasteiger partial charge in [-0.1, -0.05) is 19.0 Å². The van der Waals surface area contributed by atoms with Crippen LogP contribution >= 0.6 is 0 Å². The average Bonchev–Trinajstić information content (AvgIpc) is 2.95. The molecule has 1 aliphatic heterocycles. The largest absolute Gasteiger partial charge is 0.324 e. The molecule has 0 spiro atoms. The molecule has 1 aromatic heterocycles. The van der Waals surface area contributed by atoms with Crippen molar-refractivity contribution in [3.63, 3.8) is 0 Å². The molecule has 1 aromatic rings. The topological polar surface area (TPSA) is 85.5 Å². The van der Waals surface area contributed by atoms with Crippen LogP contribution in [0.25, 0.3) is 0 Å². The smallest absolute Gasteiger partial charge is 0.324 e. The van der Waals surface area contributed by atoms with Crippen molar-refractivity contribution in [2.75, 3.05) is 30.9 Å². The van der Waals surface area contributed by atoms with Crippen LogP contribution in [-0.2, 0) is 20.7 Å². The van der Waals surface area contributed by atoms with Gasteiger partial charge in [-0.05, 0) is 31.1 Å². The fourth-order valence-corrected chi connectivity index (χ4v) is 3.20. The fraction of sp³-hybridized carbons (Fsp3) is 0.857. The van der Waals surface area contributed by atoms with Crippen LogP contribution in [0, 0.1) is 11.8 Å². The summed E-state index contributed by atoms with van der Waals surface area (Å²) in [6.45, 7) is 6.22. The maximum absolute atomic E-state index is 11.0. The monoisotopic (exact) mass is 331 g/mol. The number of aryl methyl sites for hydroxylation is 1. The van der Waals surface area contributed by atoms with Gasteiger partial charge in [-0.3, -0.25) is 4.18 Å². The van der Waals surface area contributed by atoms with Crippen molar-refractivity contribution in [2.45, 2.75) is 39.5 Å². The van der Waals surface area contributed by atoms with Crippen molar-refractivity contribution >= 4 is 16.1 Å². The number of hydrogen-bond donors (Lipinski definition) is 0. The van der Waals surface area contributed by atoms with E-state index in [-0.39, 0.29) is 6.61 Å². The van der Waals surface area contributed by atoms with Crippen molar-refractivity contribution in [2.24, 2.45) is 11.8 Å². The molecule has 1 fully saturated rings. The van der Waals surface area contributed by atoms with E-state index in [4.69, 9.17) is 8.71 Å². The molecular weight excluding hydrogens is 306 g/mol. The molecule has 1 saturated heterocycles. The van der Waals surface area contributed by atoms with Crippen molar-refractivity contribution in [1.29, 1.82) is 0 Å². The zero-order valence-corrected chi connectivity index (χ0v) is 14.3. The number of hydrogen-bond acceptors (Lipinski definition) is 7. The number of piperidine rings is 1. The molecule has 1 atom stereocenters. The van der Waals surface area contributed by atoms with E-state index in [0.29, 0.717) is 17.9 Å². The molecule has 2 heterocycles. The van der Waals surface area contributed by atoms with E-state index in [2.05, 4.69) is 22.0 Å². The van der Waals surface area contributed by atoms with Gasteiger partial charge in [0.15, 0.2) is 5.82 Å². The standard InChI is InChI=1S/C14H25N3O4S/c1-4-13-15-14(21-16-13)17-8-5-12(6-9-17)11(2)7-10-20-22(3,18)19/h11-12H,4-10H2,1-3H3. The van der Waals surface area contributed by atoms with Crippen molar-refractivity contribution in [1.82, 2.24) is 10.1 Å². The van der Waals surface area contributed by atoms with Crippen LogP contribution in [0.1, 0.15) is 38.9 Å². The number of nitrogens with zero attached hydrogens (tertiary/aromatic N) is 3. The van der Waals surface area contributed by atoms with Crippen LogP contribution in [0.3, 0.4) is 0 Å². The summed E-state index contributed by atoms with van der Waals surface area (Å²) in [5.74, 6) is 1.76. The normalized spacial score (nSPS) is 18.6. The van der Waals surface area contributed by atoms with Gasteiger partial charge >= 0.3 is 6.01 Å². The molecule has 0 amide bonds. The Hall–Kier alpha value is -1.15. The highest BCUT2D eigenvalue weighted by Gasteiger charge is 2.26. The highest BCUT2D eigenvalue weighted by atomic mass is 32.2. The Bertz CT molecular complexity index is 564. The Morgan fingerprint density at radius 1 is 1.41 bits per heavy atom. The third-order valence-electron chi connectivity index (χ3n) is 4.26. The molecule has 1 aliphatic rings. The molecule has 0 bridgehead atoms. The quantitative estimate of drug-likeness (QED) is 0.705. The molecule has 7 nitrogen and oxygen atoms in total. The zero-order valence-electron chi connectivity index (χ0n) is 13.5. The Kier molecular flexibility index (Phi) is 5.80. The van der Waals surface area contributed by atoms with Gasteiger partial charge in [-0.2, -0.15) is 13.4 Å². The predicted molar refractivity (Wildman–Crippen MR) is 83.2 cm³/mol. The van der Waals surface area contributed by atoms with Crippen LogP contribution in [0.15, 0.2) is 4.52 Å². The summed E-state index contributed by atoms with van der Waals surface area (Å²) in [4.78, 5) is 6.49. The Morgan fingerprint density at radius 2 is 2.09 bits per heavy atom. The molecular formula is C14H25N3O4S. The van der Waals surface area contributed by atoms with Crippen LogP contribution in [0.2, 0.25) is 0 Å². The van der Waals surface area contributed by atoms with Crippen molar-refractivity contribution in [3.8, 4) is 0 Å². The predicted octanol–water partition coefficient (Wildman–Crippen LogP) is 1.85. The van der Waals surface area contributed by atoms with Crippen LogP contribution in [-0.4, -0.2) is 44.5 Å². The van der Waals surface area contributed by atoms with Crippen LogP contribution in [0.5, 0.6) is 0 Å². The van der Waals surface area contributed by atoms with E-state index in [1.807, 2.05) is 6.92 Å². The van der Waals surface area contributed by atoms with E-state index in [1.165, 1.54) is 0 Å². The van der Waals surface area contributed by atoms with E-state index in [0.717, 1.165) is 50.9 Å². The minimum Gasteiger partial charge on any atom is -0.324 e. The molecule has 22 heavy (non-hydrogen) atoms. The highest BCUT2D eigenvalue weighted by Crippen LogP contribution is 2.29. The SMILES string of the molecule is CCc1noc(N2CCC(C(C)CCOS(C)(=O)=O)CC2)n1. The first-order valence-corrected chi connectivity index (χ1v) is 9.62. The second kappa shape index (κ2) is 7.41. The maximum atomic E-state index is 11.0. The number of rotatable bonds is 7. The first-order chi connectivity index (χ1) is 10.4. The Balaban J connectivity index is 1.76. The van der Waals surface area contributed by atoms with Gasteiger partial charge in [-0.25, -0.2) is 0 Å². The van der Waals surface area contributed by atoms with Gasteiger partial charge in [0, 0.05) is 19.5 Å². The molecule has 1 unspecified atom stereocenters. The first kappa shape index (κ1) is 17.2. The second-order valence-corrected chi connectivity index (χ2v) is 7.61. The number of anilines is 1. The third kappa shape index (κ3) is 4.95. The number of aromatic nitrogens is 2. The average molecular weight is 331 g/mol. The lowest BCUT2D eigenvalue weighted by Gasteiger charge is -2.33. The molecule has 0 radical (unpaired) electrons. The summed E-state index contributed by atoms with van der Waals surface area (Å²) >= 11 is 0.